The lowest BCUT2D eigenvalue weighted by Gasteiger charge is -2.26. The minimum absolute atomic E-state index is 0.0299. The van der Waals surface area contributed by atoms with Gasteiger partial charge in [0.15, 0.2) is 0 Å². The summed E-state index contributed by atoms with van der Waals surface area (Å²) in [4.78, 5) is 27.3. The lowest BCUT2D eigenvalue weighted by Crippen LogP contribution is -2.49. The van der Waals surface area contributed by atoms with Crippen molar-refractivity contribution in [2.45, 2.75) is 38.0 Å². The average molecular weight is 489 g/mol. The Balaban J connectivity index is 1.64. The van der Waals surface area contributed by atoms with E-state index < -0.39 is 18.1 Å². The Morgan fingerprint density at radius 3 is 2.65 bits per heavy atom. The highest BCUT2D eigenvalue weighted by molar-refractivity contribution is 6.31. The number of aliphatic hydroxyl groups excluding tert-OH is 1. The summed E-state index contributed by atoms with van der Waals surface area (Å²) in [5.74, 6) is 0.206. The number of rotatable bonds is 9. The zero-order chi connectivity index (χ0) is 24.8. The minimum Gasteiger partial charge on any atom is -0.497 e. The molecule has 1 aliphatic rings. The summed E-state index contributed by atoms with van der Waals surface area (Å²) in [6, 6.07) is 9.41. The number of amides is 2. The fraction of sp³-hybridized carbons (Fsp3) is 0.375. The maximum atomic E-state index is 13.0. The number of carbonyl (C=O) groups excluding carboxylic acids is 2. The Morgan fingerprint density at radius 1 is 1.24 bits per heavy atom. The SMILES string of the molecule is COc1ccc(OC)c(CC(O)C(=O)N2CCCC2C(=O)NCc2ccc(C(=N)N)cc2Cl)c1. The van der Waals surface area contributed by atoms with E-state index in [1.54, 1.807) is 36.4 Å². The Hall–Kier alpha value is -3.30. The lowest BCUT2D eigenvalue weighted by molar-refractivity contribution is -0.145. The Labute approximate surface area is 203 Å². The van der Waals surface area contributed by atoms with Crippen molar-refractivity contribution in [3.05, 3.63) is 58.1 Å². The van der Waals surface area contributed by atoms with Crippen molar-refractivity contribution in [1.29, 1.82) is 5.41 Å². The van der Waals surface area contributed by atoms with Crippen molar-refractivity contribution >= 4 is 29.3 Å². The van der Waals surface area contributed by atoms with E-state index >= 15 is 0 Å². The number of nitrogen functional groups attached to an aromatic ring is 1. The molecular formula is C24H29ClN4O5. The second-order valence-electron chi connectivity index (χ2n) is 8.03. The Morgan fingerprint density at radius 2 is 2.00 bits per heavy atom. The Kier molecular flexibility index (Phi) is 8.36. The molecule has 2 unspecified atom stereocenters. The van der Waals surface area contributed by atoms with Crippen LogP contribution in [0.2, 0.25) is 5.02 Å². The molecule has 0 saturated carbocycles. The van der Waals surface area contributed by atoms with Crippen LogP contribution >= 0.6 is 11.6 Å². The van der Waals surface area contributed by atoms with Gasteiger partial charge in [-0.25, -0.2) is 0 Å². The number of aliphatic hydroxyl groups is 1. The maximum absolute atomic E-state index is 13.0. The number of halogens is 1. The molecule has 0 aliphatic carbocycles. The van der Waals surface area contributed by atoms with Gasteiger partial charge in [0.1, 0.15) is 29.5 Å². The molecule has 9 nitrogen and oxygen atoms in total. The first-order valence-electron chi connectivity index (χ1n) is 10.8. The van der Waals surface area contributed by atoms with Gasteiger partial charge in [0.25, 0.3) is 5.91 Å². The maximum Gasteiger partial charge on any atom is 0.252 e. The topological polar surface area (TPSA) is 138 Å². The van der Waals surface area contributed by atoms with Gasteiger partial charge in [-0.05, 0) is 42.7 Å². The van der Waals surface area contributed by atoms with Crippen molar-refractivity contribution in [3.63, 3.8) is 0 Å². The number of amidine groups is 1. The molecule has 182 valence electrons. The van der Waals surface area contributed by atoms with Crippen LogP contribution in [-0.4, -0.2) is 60.6 Å². The van der Waals surface area contributed by atoms with Crippen molar-refractivity contribution < 1.29 is 24.2 Å². The van der Waals surface area contributed by atoms with E-state index in [1.807, 2.05) is 0 Å². The van der Waals surface area contributed by atoms with Gasteiger partial charge in [0.05, 0.1) is 14.2 Å². The molecule has 0 bridgehead atoms. The summed E-state index contributed by atoms with van der Waals surface area (Å²) in [5.41, 5.74) is 7.26. The van der Waals surface area contributed by atoms with Gasteiger partial charge in [-0.1, -0.05) is 23.7 Å². The number of hydrogen-bond donors (Lipinski definition) is 4. The first kappa shape index (κ1) is 25.3. The summed E-state index contributed by atoms with van der Waals surface area (Å²) in [6.07, 6.45) is -0.137. The summed E-state index contributed by atoms with van der Waals surface area (Å²) in [5, 5.41) is 21.3. The number of ether oxygens (including phenoxy) is 2. The predicted molar refractivity (Wildman–Crippen MR) is 128 cm³/mol. The highest BCUT2D eigenvalue weighted by Gasteiger charge is 2.36. The number of hydrogen-bond acceptors (Lipinski definition) is 6. The third-order valence-electron chi connectivity index (χ3n) is 5.84. The quantitative estimate of drug-likeness (QED) is 0.314. The molecule has 2 atom stereocenters. The van der Waals surface area contributed by atoms with Crippen LogP contribution in [0.25, 0.3) is 0 Å². The molecule has 3 rings (SSSR count). The number of nitrogens with one attached hydrogen (secondary N) is 2. The van der Waals surface area contributed by atoms with Crippen molar-refractivity contribution in [2.75, 3.05) is 20.8 Å². The van der Waals surface area contributed by atoms with Gasteiger partial charge in [-0.2, -0.15) is 0 Å². The average Bonchev–Trinajstić information content (AvgIpc) is 3.32. The number of methoxy groups -OCH3 is 2. The second kappa shape index (κ2) is 11.2. The third-order valence-corrected chi connectivity index (χ3v) is 6.19. The molecule has 0 spiro atoms. The zero-order valence-corrected chi connectivity index (χ0v) is 19.9. The van der Waals surface area contributed by atoms with Crippen LogP contribution in [0, 0.1) is 5.41 Å². The van der Waals surface area contributed by atoms with Crippen molar-refractivity contribution in [2.24, 2.45) is 5.73 Å². The first-order valence-corrected chi connectivity index (χ1v) is 11.2. The van der Waals surface area contributed by atoms with E-state index in [2.05, 4.69) is 5.32 Å². The Bertz CT molecular complexity index is 1080. The summed E-state index contributed by atoms with van der Waals surface area (Å²) in [6.45, 7) is 0.551. The second-order valence-corrected chi connectivity index (χ2v) is 8.43. The lowest BCUT2D eigenvalue weighted by atomic mass is 10.0. The van der Waals surface area contributed by atoms with Gasteiger partial charge in [-0.3, -0.25) is 15.0 Å². The summed E-state index contributed by atoms with van der Waals surface area (Å²) < 4.78 is 10.6. The highest BCUT2D eigenvalue weighted by Crippen LogP contribution is 2.27. The number of carbonyl (C=O) groups is 2. The largest absolute Gasteiger partial charge is 0.497 e. The molecule has 2 aromatic carbocycles. The minimum atomic E-state index is -1.33. The van der Waals surface area contributed by atoms with E-state index in [0.717, 1.165) is 0 Å². The van der Waals surface area contributed by atoms with E-state index in [1.165, 1.54) is 19.1 Å². The van der Waals surface area contributed by atoms with E-state index in [4.69, 9.17) is 32.2 Å². The molecule has 2 aromatic rings. The molecule has 0 radical (unpaired) electrons. The smallest absolute Gasteiger partial charge is 0.252 e. The molecule has 5 N–H and O–H groups in total. The van der Waals surface area contributed by atoms with Crippen LogP contribution < -0.4 is 20.5 Å². The molecule has 1 fully saturated rings. The van der Waals surface area contributed by atoms with Gasteiger partial charge in [0.2, 0.25) is 5.91 Å². The zero-order valence-electron chi connectivity index (χ0n) is 19.1. The van der Waals surface area contributed by atoms with Crippen LogP contribution in [0.5, 0.6) is 11.5 Å². The van der Waals surface area contributed by atoms with E-state index in [-0.39, 0.29) is 24.7 Å². The van der Waals surface area contributed by atoms with Gasteiger partial charge >= 0.3 is 0 Å². The molecule has 10 heteroatoms. The van der Waals surface area contributed by atoms with Crippen LogP contribution in [0.1, 0.15) is 29.5 Å². The normalized spacial score (nSPS) is 16.1. The van der Waals surface area contributed by atoms with Crippen molar-refractivity contribution in [1.82, 2.24) is 10.2 Å². The predicted octanol–water partition coefficient (Wildman–Crippen LogP) is 1.85. The van der Waals surface area contributed by atoms with E-state index in [9.17, 15) is 14.7 Å². The van der Waals surface area contributed by atoms with Crippen LogP contribution in [-0.2, 0) is 22.6 Å². The molecule has 1 saturated heterocycles. The monoisotopic (exact) mass is 488 g/mol. The first-order chi connectivity index (χ1) is 16.2. The number of nitrogens with two attached hydrogens (primary N) is 1. The highest BCUT2D eigenvalue weighted by atomic mass is 35.5. The molecule has 1 heterocycles. The molecule has 1 aliphatic heterocycles. The molecular weight excluding hydrogens is 460 g/mol. The molecule has 34 heavy (non-hydrogen) atoms. The summed E-state index contributed by atoms with van der Waals surface area (Å²) in [7, 11) is 3.05. The number of nitrogens with zero attached hydrogens (tertiary/aromatic N) is 1. The van der Waals surface area contributed by atoms with Crippen LogP contribution in [0.15, 0.2) is 36.4 Å². The summed E-state index contributed by atoms with van der Waals surface area (Å²) >= 11 is 6.24. The van der Waals surface area contributed by atoms with E-state index in [0.29, 0.717) is 52.6 Å². The van der Waals surface area contributed by atoms with Crippen molar-refractivity contribution in [3.8, 4) is 11.5 Å². The van der Waals surface area contributed by atoms with Crippen LogP contribution in [0.3, 0.4) is 0 Å². The third kappa shape index (κ3) is 5.78. The molecule has 2 amide bonds. The molecule has 0 aromatic heterocycles. The van der Waals surface area contributed by atoms with Gasteiger partial charge < -0.3 is 30.5 Å². The number of benzene rings is 2. The van der Waals surface area contributed by atoms with Gasteiger partial charge in [-0.15, -0.1) is 0 Å². The van der Waals surface area contributed by atoms with Gasteiger partial charge in [0, 0.05) is 35.7 Å². The fourth-order valence-corrected chi connectivity index (χ4v) is 4.24. The standard InChI is InChI=1S/C24H29ClN4O5/c1-33-17-7-8-21(34-2)16(10-17)12-20(30)24(32)29-9-3-4-19(29)23(31)28-13-15-6-5-14(22(26)27)11-18(15)25/h5-8,10-11,19-20,30H,3-4,9,12-13H2,1-2H3,(H3,26,27)(H,28,31). The number of likely N-dealkylation sites (tertiary alicyclic amines) is 1. The fourth-order valence-electron chi connectivity index (χ4n) is 3.99. The van der Waals surface area contributed by atoms with Crippen LogP contribution in [0.4, 0.5) is 0 Å².